The van der Waals surface area contributed by atoms with E-state index in [4.69, 9.17) is 26.8 Å². The van der Waals surface area contributed by atoms with Crippen LogP contribution in [0.15, 0.2) is 54.6 Å². The summed E-state index contributed by atoms with van der Waals surface area (Å²) in [5.74, 6) is -6.18. The molecule has 1 aliphatic heterocycles. The van der Waals surface area contributed by atoms with E-state index in [0.717, 1.165) is 6.92 Å². The number of rotatable bonds is 11. The minimum absolute atomic E-state index is 0.0329. The minimum Gasteiger partial charge on any atom is -0.481 e. The molecule has 0 radical (unpaired) electrons. The summed E-state index contributed by atoms with van der Waals surface area (Å²) in [5.41, 5.74) is 10.5. The van der Waals surface area contributed by atoms with E-state index < -0.39 is 59.6 Å². The van der Waals surface area contributed by atoms with Crippen molar-refractivity contribution in [1.29, 1.82) is 5.41 Å². The first-order chi connectivity index (χ1) is 19.4. The normalized spacial score (nSPS) is 19.6. The summed E-state index contributed by atoms with van der Waals surface area (Å²) in [7, 11) is 0. The molecule has 2 fully saturated rings. The Labute approximate surface area is 233 Å². The van der Waals surface area contributed by atoms with Crippen molar-refractivity contribution >= 4 is 47.1 Å². The zero-order valence-electron chi connectivity index (χ0n) is 21.9. The predicted octanol–water partition coefficient (Wildman–Crippen LogP) is 0.379. The lowest BCUT2D eigenvalue weighted by molar-refractivity contribution is -0.186. The molecule has 214 valence electrons. The smallest absolute Gasteiger partial charge is 0.363 e. The van der Waals surface area contributed by atoms with E-state index in [2.05, 4.69) is 5.32 Å². The van der Waals surface area contributed by atoms with Gasteiger partial charge >= 0.3 is 18.0 Å². The van der Waals surface area contributed by atoms with Crippen LogP contribution >= 0.6 is 0 Å². The van der Waals surface area contributed by atoms with Crippen LogP contribution in [-0.4, -0.2) is 63.7 Å². The van der Waals surface area contributed by atoms with Gasteiger partial charge in [0, 0.05) is 11.3 Å². The third-order valence-electron chi connectivity index (χ3n) is 6.88. The van der Waals surface area contributed by atoms with Crippen LogP contribution in [0, 0.1) is 11.3 Å². The van der Waals surface area contributed by atoms with Crippen molar-refractivity contribution in [3.63, 3.8) is 0 Å². The average molecular weight is 565 g/mol. The molecule has 14 nitrogen and oxygen atoms in total. The lowest BCUT2D eigenvalue weighted by Gasteiger charge is -2.31. The van der Waals surface area contributed by atoms with Gasteiger partial charge in [0.2, 0.25) is 5.91 Å². The Morgan fingerprint density at radius 3 is 2.24 bits per heavy atom. The standard InChI is InChI=1S/C27H28N6O8/c1-14(34)21(32(18-5-3-2-4-6-18)23(37)19(28)13-20(35)36)24(38)41-33-25(39)27(17-11-12-17,31-26(33)40)16-9-7-15(8-10-16)22(29)30/h2-10,17,19,21H,11-13,28H2,1H3,(H3,29,30)(H,31,40)(H,35,36)/t19-,21-,27-/m0/s1. The van der Waals surface area contributed by atoms with E-state index in [0.29, 0.717) is 28.9 Å². The van der Waals surface area contributed by atoms with Crippen LogP contribution in [0.25, 0.3) is 0 Å². The number of hydroxylamine groups is 2. The fourth-order valence-corrected chi connectivity index (χ4v) is 4.78. The maximum Gasteiger partial charge on any atom is 0.363 e. The first-order valence-electron chi connectivity index (χ1n) is 12.6. The lowest BCUT2D eigenvalue weighted by atomic mass is 9.84. The van der Waals surface area contributed by atoms with Crippen molar-refractivity contribution in [3.8, 4) is 0 Å². The summed E-state index contributed by atoms with van der Waals surface area (Å²) in [6.07, 6.45) is 0.396. The van der Waals surface area contributed by atoms with Crippen molar-refractivity contribution < 1.29 is 38.7 Å². The molecule has 2 aliphatic rings. The van der Waals surface area contributed by atoms with Crippen LogP contribution in [0.5, 0.6) is 0 Å². The highest BCUT2D eigenvalue weighted by Gasteiger charge is 2.62. The number of nitrogen functional groups attached to an aromatic ring is 1. The second-order valence-electron chi connectivity index (χ2n) is 9.77. The molecule has 1 saturated heterocycles. The number of nitrogens with zero attached hydrogens (tertiary/aromatic N) is 2. The Hall–Kier alpha value is -5.11. The van der Waals surface area contributed by atoms with Crippen molar-refractivity contribution in [2.24, 2.45) is 17.4 Å². The monoisotopic (exact) mass is 564 g/mol. The molecule has 1 saturated carbocycles. The number of nitrogens with one attached hydrogen (secondary N) is 2. The van der Waals surface area contributed by atoms with Gasteiger partial charge in [0.1, 0.15) is 5.84 Å². The maximum absolute atomic E-state index is 13.7. The van der Waals surface area contributed by atoms with Crippen LogP contribution in [0.2, 0.25) is 0 Å². The molecule has 1 heterocycles. The predicted molar refractivity (Wildman–Crippen MR) is 142 cm³/mol. The van der Waals surface area contributed by atoms with Crippen LogP contribution < -0.4 is 21.7 Å². The van der Waals surface area contributed by atoms with E-state index in [9.17, 15) is 28.8 Å². The van der Waals surface area contributed by atoms with E-state index in [1.807, 2.05) is 0 Å². The number of Topliss-reactive ketones (excluding diaryl/α,β-unsaturated/α-hetero) is 1. The molecule has 0 spiro atoms. The molecule has 4 rings (SSSR count). The molecule has 7 N–H and O–H groups in total. The Bertz CT molecular complexity index is 1430. The zero-order valence-corrected chi connectivity index (χ0v) is 21.9. The highest BCUT2D eigenvalue weighted by atomic mass is 16.7. The molecule has 1 aliphatic carbocycles. The average Bonchev–Trinajstić information content (AvgIpc) is 3.75. The number of nitrogens with two attached hydrogens (primary N) is 2. The summed E-state index contributed by atoms with van der Waals surface area (Å²) in [5, 5.41) is 19.5. The molecule has 3 atom stereocenters. The largest absolute Gasteiger partial charge is 0.481 e. The van der Waals surface area contributed by atoms with Gasteiger partial charge in [-0.2, -0.15) is 0 Å². The molecule has 0 aromatic heterocycles. The molecule has 0 bridgehead atoms. The van der Waals surface area contributed by atoms with Crippen molar-refractivity contribution in [1.82, 2.24) is 10.4 Å². The second kappa shape index (κ2) is 11.2. The lowest BCUT2D eigenvalue weighted by Crippen LogP contribution is -2.56. The van der Waals surface area contributed by atoms with Crippen molar-refractivity contribution in [2.75, 3.05) is 4.90 Å². The third-order valence-corrected chi connectivity index (χ3v) is 6.88. The number of amides is 4. The number of imide groups is 1. The number of ketones is 1. The zero-order chi connectivity index (χ0) is 30.1. The Balaban J connectivity index is 1.66. The van der Waals surface area contributed by atoms with Crippen molar-refractivity contribution in [2.45, 2.75) is 43.8 Å². The van der Waals surface area contributed by atoms with Crippen LogP contribution in [0.3, 0.4) is 0 Å². The number of benzene rings is 2. The second-order valence-corrected chi connectivity index (χ2v) is 9.77. The van der Waals surface area contributed by atoms with Gasteiger partial charge in [0.05, 0.1) is 12.5 Å². The fourth-order valence-electron chi connectivity index (χ4n) is 4.78. The molecule has 0 unspecified atom stereocenters. The summed E-state index contributed by atoms with van der Waals surface area (Å²) in [6.45, 7) is 0.995. The van der Waals surface area contributed by atoms with E-state index in [-0.39, 0.29) is 22.5 Å². The highest BCUT2D eigenvalue weighted by Crippen LogP contribution is 2.49. The summed E-state index contributed by atoms with van der Waals surface area (Å²) < 4.78 is 0. The molecule has 2 aromatic carbocycles. The molecular formula is C27H28N6O8. The first kappa shape index (κ1) is 28.9. The van der Waals surface area contributed by atoms with E-state index in [1.54, 1.807) is 6.07 Å². The van der Waals surface area contributed by atoms with Crippen LogP contribution in [0.4, 0.5) is 10.5 Å². The number of carbonyl (C=O) groups is 6. The number of aliphatic carboxylic acids is 1. The SMILES string of the molecule is CC(=O)[C@@H](C(=O)ON1C(=O)N[C@@](c2ccc(C(=N)N)cc2)(C2CC2)C1=O)N(C(=O)[C@@H](N)CC(=O)O)c1ccccc1. The van der Waals surface area contributed by atoms with E-state index in [1.165, 1.54) is 48.5 Å². The van der Waals surface area contributed by atoms with Gasteiger partial charge in [-0.05, 0) is 43.4 Å². The van der Waals surface area contributed by atoms with Gasteiger partial charge in [-0.3, -0.25) is 29.5 Å². The maximum atomic E-state index is 13.7. The molecular weight excluding hydrogens is 536 g/mol. The Morgan fingerprint density at radius 1 is 1.12 bits per heavy atom. The summed E-state index contributed by atoms with van der Waals surface area (Å²) >= 11 is 0. The quantitative estimate of drug-likeness (QED) is 0.109. The number of carboxylic acid groups (broad SMARTS) is 1. The molecule has 41 heavy (non-hydrogen) atoms. The van der Waals surface area contributed by atoms with Gasteiger partial charge in [-0.25, -0.2) is 9.59 Å². The number of hydrogen-bond acceptors (Lipinski definition) is 9. The molecule has 14 heteroatoms. The number of amidine groups is 1. The van der Waals surface area contributed by atoms with Gasteiger partial charge < -0.3 is 26.7 Å². The third kappa shape index (κ3) is 5.49. The highest BCUT2D eigenvalue weighted by molar-refractivity contribution is 6.15. The number of anilines is 1. The number of hydrogen-bond donors (Lipinski definition) is 5. The first-order valence-corrected chi connectivity index (χ1v) is 12.6. The summed E-state index contributed by atoms with van der Waals surface area (Å²) in [6, 6.07) is 8.85. The van der Waals surface area contributed by atoms with Gasteiger partial charge in [0.15, 0.2) is 17.4 Å². The number of para-hydroxylation sites is 1. The van der Waals surface area contributed by atoms with Crippen LogP contribution in [-0.2, 0) is 34.3 Å². The Kier molecular flexibility index (Phi) is 7.87. The van der Waals surface area contributed by atoms with Gasteiger partial charge in [-0.15, -0.1) is 0 Å². The molecule has 4 amide bonds. The minimum atomic E-state index is -2.00. The number of carbonyl (C=O) groups excluding carboxylic acids is 5. The van der Waals surface area contributed by atoms with Crippen LogP contribution in [0.1, 0.15) is 37.3 Å². The van der Waals surface area contributed by atoms with E-state index >= 15 is 0 Å². The van der Waals surface area contributed by atoms with Gasteiger partial charge in [-0.1, -0.05) is 47.5 Å². The fraction of sp³-hybridized carbons (Fsp3) is 0.296. The topological polar surface area (TPSA) is 226 Å². The van der Waals surface area contributed by atoms with Crippen molar-refractivity contribution in [3.05, 3.63) is 65.7 Å². The number of urea groups is 1. The number of carboxylic acids is 1. The van der Waals surface area contributed by atoms with Gasteiger partial charge in [0.25, 0.3) is 5.91 Å². The Morgan fingerprint density at radius 2 is 1.73 bits per heavy atom. The molecule has 2 aromatic rings. The summed E-state index contributed by atoms with van der Waals surface area (Å²) in [4.78, 5) is 83.3.